The molecule has 3 aromatic carbocycles. The number of H-pyrrole nitrogens is 1. The molecule has 9 nitrogen and oxygen atoms in total. The summed E-state index contributed by atoms with van der Waals surface area (Å²) in [5, 5.41) is 10.9. The van der Waals surface area contributed by atoms with E-state index in [1.807, 2.05) is 12.3 Å². The number of rotatable bonds is 6. The van der Waals surface area contributed by atoms with E-state index in [0.29, 0.717) is 18.7 Å². The topological polar surface area (TPSA) is 111 Å². The van der Waals surface area contributed by atoms with E-state index in [1.165, 1.54) is 12.0 Å². The van der Waals surface area contributed by atoms with Crippen molar-refractivity contribution in [3.63, 3.8) is 0 Å². The van der Waals surface area contributed by atoms with E-state index in [0.717, 1.165) is 50.2 Å². The zero-order valence-electron chi connectivity index (χ0n) is 24.1. The van der Waals surface area contributed by atoms with Gasteiger partial charge in [-0.25, -0.2) is 9.78 Å². The molecule has 44 heavy (non-hydrogen) atoms. The van der Waals surface area contributed by atoms with Gasteiger partial charge in [0, 0.05) is 11.8 Å². The number of carbonyl (C=O) groups excluding carboxylic acids is 2. The Balaban J connectivity index is 1.22. The van der Waals surface area contributed by atoms with Gasteiger partial charge in [0.1, 0.15) is 5.82 Å². The number of alkyl carbamates (subject to hydrolysis) is 1. The van der Waals surface area contributed by atoms with Crippen LogP contribution in [0.1, 0.15) is 30.3 Å². The second-order valence-corrected chi connectivity index (χ2v) is 10.6. The number of terminal acetylenes is 2. The van der Waals surface area contributed by atoms with Crippen molar-refractivity contribution in [2.24, 2.45) is 0 Å². The molecule has 218 valence electrons. The van der Waals surface area contributed by atoms with Crippen LogP contribution in [0.3, 0.4) is 0 Å². The van der Waals surface area contributed by atoms with E-state index in [9.17, 15) is 9.59 Å². The van der Waals surface area contributed by atoms with Crippen LogP contribution in [0.4, 0.5) is 4.79 Å². The van der Waals surface area contributed by atoms with Crippen LogP contribution >= 0.6 is 0 Å². The molecule has 0 bridgehead atoms. The fourth-order valence-corrected chi connectivity index (χ4v) is 5.69. The Morgan fingerprint density at radius 3 is 2.36 bits per heavy atom. The van der Waals surface area contributed by atoms with Crippen molar-refractivity contribution in [1.29, 1.82) is 0 Å². The number of nitrogens with zero attached hydrogens (tertiary/aromatic N) is 2. The van der Waals surface area contributed by atoms with E-state index in [2.05, 4.69) is 104 Å². The number of ether oxygens (including phenoxy) is 1. The van der Waals surface area contributed by atoms with E-state index >= 15 is 0 Å². The van der Waals surface area contributed by atoms with Crippen molar-refractivity contribution in [3.05, 3.63) is 96.8 Å². The average molecular weight is 583 g/mol. The molecule has 3 unspecified atom stereocenters. The third-order valence-electron chi connectivity index (χ3n) is 7.96. The molecule has 2 aliphatic heterocycles. The first-order valence-electron chi connectivity index (χ1n) is 14.1. The van der Waals surface area contributed by atoms with Crippen molar-refractivity contribution in [3.8, 4) is 47.1 Å². The fourth-order valence-electron chi connectivity index (χ4n) is 5.69. The molecule has 1 aromatic heterocycles. The Morgan fingerprint density at radius 1 is 1.02 bits per heavy atom. The molecule has 2 aliphatic rings. The first kappa shape index (κ1) is 28.2. The second-order valence-electron chi connectivity index (χ2n) is 10.6. The molecule has 0 saturated carbocycles. The highest BCUT2D eigenvalue weighted by molar-refractivity contribution is 5.91. The number of hydrogen-bond donors (Lipinski definition) is 4. The maximum absolute atomic E-state index is 13.4. The van der Waals surface area contributed by atoms with Gasteiger partial charge < -0.3 is 25.3 Å². The third kappa shape index (κ3) is 5.35. The summed E-state index contributed by atoms with van der Waals surface area (Å²) in [5.41, 5.74) is 6.09. The van der Waals surface area contributed by atoms with Gasteiger partial charge in [0.05, 0.1) is 42.6 Å². The highest BCUT2D eigenvalue weighted by atomic mass is 16.5. The molecular weight excluding hydrogens is 552 g/mol. The highest BCUT2D eigenvalue weighted by Gasteiger charge is 2.41. The normalized spacial score (nSPS) is 18.0. The van der Waals surface area contributed by atoms with Crippen LogP contribution in [-0.2, 0) is 9.53 Å². The molecule has 3 heterocycles. The number of aromatic amines is 1. The third-order valence-corrected chi connectivity index (χ3v) is 7.96. The minimum atomic E-state index is -1.21. The van der Waals surface area contributed by atoms with Crippen LogP contribution in [0, 0.1) is 24.7 Å². The minimum absolute atomic E-state index is 0.419. The summed E-state index contributed by atoms with van der Waals surface area (Å²) >= 11 is 0. The summed E-state index contributed by atoms with van der Waals surface area (Å²) in [5.74, 6) is 5.88. The number of carbonyl (C=O) groups is 2. The second kappa shape index (κ2) is 11.7. The number of fused-ring (bicyclic) bond motifs is 1. The quantitative estimate of drug-likeness (QED) is 0.241. The zero-order valence-corrected chi connectivity index (χ0v) is 24.1. The number of imidazole rings is 1. The van der Waals surface area contributed by atoms with Gasteiger partial charge in [-0.3, -0.25) is 10.1 Å². The smallest absolute Gasteiger partial charge is 0.408 e. The van der Waals surface area contributed by atoms with Gasteiger partial charge in [-0.05, 0) is 52.4 Å². The largest absolute Gasteiger partial charge is 0.453 e. The predicted molar refractivity (Wildman–Crippen MR) is 170 cm³/mol. The Bertz CT molecular complexity index is 1890. The van der Waals surface area contributed by atoms with Gasteiger partial charge in [-0.15, -0.1) is 12.8 Å². The summed E-state index contributed by atoms with van der Waals surface area (Å²) in [6, 6.07) is 18.9. The SMILES string of the molecule is C#CC(NC(=O)OC)C(=O)N1C(C#C)CCC1c1ncc(-c2ccc3cc(-c4ccc(C5=CNC(=C)N5)cc4)ccc3c2)[nH]1. The summed E-state index contributed by atoms with van der Waals surface area (Å²) in [6.07, 6.45) is 15.4. The predicted octanol–water partition coefficient (Wildman–Crippen LogP) is 4.88. The Morgan fingerprint density at radius 2 is 1.70 bits per heavy atom. The number of nitrogens with one attached hydrogen (secondary N) is 4. The standard InChI is InChI=1S/C35H30N6O3/c1-5-28-15-16-32(41(28)34(42)29(6-2)40-35(43)44-4)33-37-20-31(39-33)27-14-13-25-17-24(11-12-26(25)18-27)22-7-9-23(10-8-22)30-19-36-21(3)38-30/h1-2,7-14,17-20,28-29,32,36,38H,3,15-16H2,4H3,(H,37,39)(H,40,43). The molecule has 1 saturated heterocycles. The Hall–Kier alpha value is -5.93. The van der Waals surface area contributed by atoms with Crippen LogP contribution in [0.5, 0.6) is 0 Å². The molecule has 9 heteroatoms. The molecule has 0 radical (unpaired) electrons. The van der Waals surface area contributed by atoms with Crippen LogP contribution in [0.25, 0.3) is 38.9 Å². The average Bonchev–Trinajstić information content (AvgIpc) is 3.82. The Labute approximate surface area is 255 Å². The molecule has 1 fully saturated rings. The van der Waals surface area contributed by atoms with Gasteiger partial charge in [-0.2, -0.15) is 0 Å². The van der Waals surface area contributed by atoms with Crippen molar-refractivity contribution in [2.75, 3.05) is 7.11 Å². The number of hydrogen-bond acceptors (Lipinski definition) is 6. The lowest BCUT2D eigenvalue weighted by Gasteiger charge is -2.29. The fraction of sp³-hybridized carbons (Fsp3) is 0.171. The maximum Gasteiger partial charge on any atom is 0.408 e. The van der Waals surface area contributed by atoms with Crippen LogP contribution in [0.15, 0.2) is 85.5 Å². The maximum atomic E-state index is 13.4. The molecule has 0 aliphatic carbocycles. The van der Waals surface area contributed by atoms with Crippen LogP contribution in [-0.4, -0.2) is 46.1 Å². The zero-order chi connectivity index (χ0) is 30.8. The molecule has 6 rings (SSSR count). The number of amides is 2. The Kier molecular flexibility index (Phi) is 7.53. The summed E-state index contributed by atoms with van der Waals surface area (Å²) in [7, 11) is 1.20. The number of likely N-dealkylation sites (tertiary alicyclic amines) is 1. The van der Waals surface area contributed by atoms with E-state index in [4.69, 9.17) is 12.8 Å². The molecule has 3 atom stereocenters. The summed E-state index contributed by atoms with van der Waals surface area (Å²) < 4.78 is 4.61. The molecule has 4 aromatic rings. The van der Waals surface area contributed by atoms with Gasteiger partial charge in [0.25, 0.3) is 5.91 Å². The number of benzene rings is 3. The van der Waals surface area contributed by atoms with Gasteiger partial charge in [0.2, 0.25) is 0 Å². The molecule has 0 spiro atoms. The summed E-state index contributed by atoms with van der Waals surface area (Å²) in [4.78, 5) is 34.7. The number of methoxy groups -OCH3 is 1. The molecule has 2 amide bonds. The van der Waals surface area contributed by atoms with Crippen molar-refractivity contribution in [2.45, 2.75) is 31.0 Å². The first-order valence-corrected chi connectivity index (χ1v) is 14.1. The van der Waals surface area contributed by atoms with Gasteiger partial charge in [-0.1, -0.05) is 67.0 Å². The lowest BCUT2D eigenvalue weighted by Crippen LogP contribution is -2.50. The van der Waals surface area contributed by atoms with Crippen molar-refractivity contribution in [1.82, 2.24) is 30.8 Å². The first-order chi connectivity index (χ1) is 21.4. The lowest BCUT2D eigenvalue weighted by atomic mass is 9.98. The monoisotopic (exact) mass is 582 g/mol. The van der Waals surface area contributed by atoms with E-state index in [-0.39, 0.29) is 0 Å². The van der Waals surface area contributed by atoms with Crippen LogP contribution < -0.4 is 16.0 Å². The summed E-state index contributed by atoms with van der Waals surface area (Å²) in [6.45, 7) is 3.88. The molecule has 4 N–H and O–H groups in total. The van der Waals surface area contributed by atoms with Gasteiger partial charge in [0.15, 0.2) is 6.04 Å². The number of aromatic nitrogens is 2. The lowest BCUT2D eigenvalue weighted by molar-refractivity contribution is -0.134. The van der Waals surface area contributed by atoms with E-state index in [1.54, 1.807) is 6.20 Å². The van der Waals surface area contributed by atoms with Crippen LogP contribution in [0.2, 0.25) is 0 Å². The van der Waals surface area contributed by atoms with Crippen molar-refractivity contribution >= 4 is 28.5 Å². The van der Waals surface area contributed by atoms with Crippen molar-refractivity contribution < 1.29 is 14.3 Å². The molecular formula is C35H30N6O3. The minimum Gasteiger partial charge on any atom is -0.453 e. The van der Waals surface area contributed by atoms with E-state index < -0.39 is 30.1 Å². The van der Waals surface area contributed by atoms with Gasteiger partial charge >= 0.3 is 6.09 Å². The highest BCUT2D eigenvalue weighted by Crippen LogP contribution is 2.36.